The molecule has 11 heteroatoms. The Hall–Kier alpha value is -2.10. The predicted octanol–water partition coefficient (Wildman–Crippen LogP) is 3.09. The van der Waals surface area contributed by atoms with E-state index in [1.54, 1.807) is 11.6 Å². The molecule has 174 valence electrons. The van der Waals surface area contributed by atoms with E-state index < -0.39 is 32.6 Å². The number of hydrogen-bond acceptors (Lipinski definition) is 6. The van der Waals surface area contributed by atoms with E-state index in [9.17, 15) is 18.0 Å². The molecular formula is C21H24Cl2FN3O4S. The summed E-state index contributed by atoms with van der Waals surface area (Å²) >= 11 is 6.70. The molecule has 1 saturated carbocycles. The summed E-state index contributed by atoms with van der Waals surface area (Å²) in [6.45, 7) is 2.38. The molecule has 0 saturated heterocycles. The van der Waals surface area contributed by atoms with E-state index in [0.29, 0.717) is 12.1 Å². The lowest BCUT2D eigenvalue weighted by Gasteiger charge is -2.28. The van der Waals surface area contributed by atoms with Crippen molar-refractivity contribution < 1.29 is 17.6 Å². The number of carbonyl (C=O) groups excluding carboxylic acids is 1. The molecule has 1 N–H and O–H groups in total. The molecule has 0 radical (unpaired) electrons. The number of halogens is 3. The van der Waals surface area contributed by atoms with Gasteiger partial charge >= 0.3 is 0 Å². The van der Waals surface area contributed by atoms with Crippen LogP contribution in [0.25, 0.3) is 10.9 Å². The van der Waals surface area contributed by atoms with Crippen molar-refractivity contribution in [2.75, 3.05) is 30.5 Å². The summed E-state index contributed by atoms with van der Waals surface area (Å²) < 4.78 is 40.2. The first kappa shape index (κ1) is 24.5. The Morgan fingerprint density at radius 1 is 1.34 bits per heavy atom. The number of anilines is 1. The highest BCUT2D eigenvalue weighted by atomic mass is 35.5. The molecule has 1 aliphatic heterocycles. The smallest absolute Gasteiger partial charge is 0.200 e. The molecule has 2 aromatic rings. The van der Waals surface area contributed by atoms with Crippen molar-refractivity contribution in [2.45, 2.75) is 31.8 Å². The number of nitrogens with one attached hydrogen (secondary N) is 1. The average molecular weight is 504 g/mol. The van der Waals surface area contributed by atoms with Gasteiger partial charge in [-0.15, -0.1) is 12.4 Å². The first-order valence-electron chi connectivity index (χ1n) is 9.95. The molecule has 0 bridgehead atoms. The van der Waals surface area contributed by atoms with Crippen LogP contribution in [0.1, 0.15) is 36.2 Å². The zero-order valence-corrected chi connectivity index (χ0v) is 20.2. The van der Waals surface area contributed by atoms with Crippen LogP contribution >= 0.6 is 24.0 Å². The standard InChI is InChI=1S/C21H23ClFN3O4S.ClH/c1-11-16(24-2)6-7-25(11)20-15(23)8-13-19(18(20)22)26(12-4-5-12)9-14(21(13)28)17(27)10-31(3,29)30;/h6,8-9,11-12,24H,4-5,7,10H2,1-3H3;1H. The first-order chi connectivity index (χ1) is 14.5. The topological polar surface area (TPSA) is 88.5 Å². The molecule has 2 aliphatic rings. The Morgan fingerprint density at radius 2 is 2.00 bits per heavy atom. The van der Waals surface area contributed by atoms with E-state index in [4.69, 9.17) is 11.6 Å². The third-order valence-corrected chi connectivity index (χ3v) is 6.96. The SMILES string of the molecule is CNC1=CCN(c2c(F)cc3c(=O)c(C(=O)CS(C)(=O)=O)cn(C4CC4)c3c2Cl)C1C.Cl. The van der Waals surface area contributed by atoms with Crippen molar-refractivity contribution in [3.05, 3.63) is 50.7 Å². The number of nitrogens with zero attached hydrogens (tertiary/aromatic N) is 2. The van der Waals surface area contributed by atoms with E-state index >= 15 is 4.39 Å². The van der Waals surface area contributed by atoms with Gasteiger partial charge in [0, 0.05) is 37.8 Å². The number of likely N-dealkylation sites (N-methyl/N-ethyl adjacent to an activating group) is 1. The van der Waals surface area contributed by atoms with E-state index in [1.165, 1.54) is 6.20 Å². The molecule has 1 unspecified atom stereocenters. The number of sulfone groups is 1. The Kier molecular flexibility index (Phi) is 6.66. The van der Waals surface area contributed by atoms with Crippen LogP contribution < -0.4 is 15.6 Å². The number of pyridine rings is 1. The maximum absolute atomic E-state index is 15.3. The van der Waals surface area contributed by atoms with Crippen LogP contribution in [0.15, 0.2) is 28.8 Å². The lowest BCUT2D eigenvalue weighted by atomic mass is 10.1. The Labute approximate surface area is 196 Å². The number of hydrogen-bond donors (Lipinski definition) is 1. The number of aromatic nitrogens is 1. The fourth-order valence-corrected chi connectivity index (χ4v) is 5.17. The van der Waals surface area contributed by atoms with Crippen LogP contribution in [0.3, 0.4) is 0 Å². The van der Waals surface area contributed by atoms with E-state index in [2.05, 4.69) is 5.32 Å². The van der Waals surface area contributed by atoms with Gasteiger partial charge in [-0.25, -0.2) is 12.8 Å². The molecule has 1 atom stereocenters. The van der Waals surface area contributed by atoms with Crippen LogP contribution in [0.2, 0.25) is 5.02 Å². The van der Waals surface area contributed by atoms with Gasteiger partial charge in [0.2, 0.25) is 0 Å². The minimum absolute atomic E-state index is 0. The summed E-state index contributed by atoms with van der Waals surface area (Å²) in [6.07, 6.45) is 5.91. The zero-order chi connectivity index (χ0) is 22.7. The highest BCUT2D eigenvalue weighted by Crippen LogP contribution is 2.43. The van der Waals surface area contributed by atoms with Gasteiger partial charge < -0.3 is 14.8 Å². The maximum atomic E-state index is 15.3. The van der Waals surface area contributed by atoms with Crippen LogP contribution in [0, 0.1) is 5.82 Å². The second kappa shape index (κ2) is 8.68. The van der Waals surface area contributed by atoms with Crippen molar-refractivity contribution >= 4 is 56.2 Å². The summed E-state index contributed by atoms with van der Waals surface area (Å²) in [4.78, 5) is 27.4. The fourth-order valence-electron chi connectivity index (χ4n) is 4.14. The summed E-state index contributed by atoms with van der Waals surface area (Å²) in [5.41, 5.74) is 0.536. The molecule has 7 nitrogen and oxygen atoms in total. The zero-order valence-electron chi connectivity index (χ0n) is 17.8. The van der Waals surface area contributed by atoms with Gasteiger partial charge in [0.15, 0.2) is 21.0 Å². The molecule has 1 aliphatic carbocycles. The summed E-state index contributed by atoms with van der Waals surface area (Å²) in [5, 5.41) is 3.18. The highest BCUT2D eigenvalue weighted by molar-refractivity contribution is 7.91. The number of carbonyl (C=O) groups is 1. The molecule has 32 heavy (non-hydrogen) atoms. The molecule has 4 rings (SSSR count). The minimum Gasteiger partial charge on any atom is -0.390 e. The highest BCUT2D eigenvalue weighted by Gasteiger charge is 2.33. The van der Waals surface area contributed by atoms with Gasteiger partial charge in [-0.2, -0.15) is 0 Å². The van der Waals surface area contributed by atoms with Crippen LogP contribution in [-0.2, 0) is 9.84 Å². The summed E-state index contributed by atoms with van der Waals surface area (Å²) in [5.74, 6) is -2.25. The van der Waals surface area contributed by atoms with Gasteiger partial charge in [0.1, 0.15) is 11.6 Å². The first-order valence-corrected chi connectivity index (χ1v) is 12.4. The Balaban J connectivity index is 0.00000289. The van der Waals surface area contributed by atoms with Crippen molar-refractivity contribution in [3.8, 4) is 0 Å². The third kappa shape index (κ3) is 4.25. The van der Waals surface area contributed by atoms with Gasteiger partial charge in [-0.3, -0.25) is 9.59 Å². The summed E-state index contributed by atoms with van der Waals surface area (Å²) in [7, 11) is -1.83. The van der Waals surface area contributed by atoms with Crippen LogP contribution in [0.4, 0.5) is 10.1 Å². The van der Waals surface area contributed by atoms with E-state index in [0.717, 1.165) is 30.9 Å². The molecule has 0 spiro atoms. The van der Waals surface area contributed by atoms with Crippen molar-refractivity contribution in [1.82, 2.24) is 9.88 Å². The van der Waals surface area contributed by atoms with Gasteiger partial charge in [0.25, 0.3) is 0 Å². The third-order valence-electron chi connectivity index (χ3n) is 5.82. The lowest BCUT2D eigenvalue weighted by molar-refractivity contribution is 0.101. The van der Waals surface area contributed by atoms with Gasteiger partial charge in [-0.1, -0.05) is 11.6 Å². The molecule has 1 aromatic heterocycles. The number of benzene rings is 1. The van der Waals surface area contributed by atoms with Crippen molar-refractivity contribution in [3.63, 3.8) is 0 Å². The lowest BCUT2D eigenvalue weighted by Crippen LogP contribution is -2.33. The Morgan fingerprint density at radius 3 is 2.53 bits per heavy atom. The number of ketones is 1. The van der Waals surface area contributed by atoms with Gasteiger partial charge in [-0.05, 0) is 31.9 Å². The van der Waals surface area contributed by atoms with Crippen molar-refractivity contribution in [1.29, 1.82) is 0 Å². The molecule has 0 amide bonds. The van der Waals surface area contributed by atoms with E-state index in [1.807, 2.05) is 17.9 Å². The van der Waals surface area contributed by atoms with E-state index in [-0.39, 0.29) is 46.2 Å². The predicted molar refractivity (Wildman–Crippen MR) is 127 cm³/mol. The molecule has 1 fully saturated rings. The second-order valence-electron chi connectivity index (χ2n) is 8.16. The minimum atomic E-state index is -3.62. The maximum Gasteiger partial charge on any atom is 0.200 e. The number of rotatable bonds is 6. The van der Waals surface area contributed by atoms with Crippen LogP contribution in [-0.4, -0.2) is 50.4 Å². The molecular weight excluding hydrogens is 480 g/mol. The van der Waals surface area contributed by atoms with Crippen LogP contribution in [0.5, 0.6) is 0 Å². The average Bonchev–Trinajstić information content (AvgIpc) is 3.45. The molecule has 2 heterocycles. The number of Topliss-reactive ketones (excluding diaryl/α,β-unsaturated/α-hetero) is 1. The summed E-state index contributed by atoms with van der Waals surface area (Å²) in [6, 6.07) is 0.996. The normalized spacial score (nSPS) is 18.5. The Bertz CT molecular complexity index is 1300. The number of fused-ring (bicyclic) bond motifs is 1. The molecule has 1 aromatic carbocycles. The fraction of sp³-hybridized carbons (Fsp3) is 0.429. The monoisotopic (exact) mass is 503 g/mol. The quantitative estimate of drug-likeness (QED) is 0.609. The largest absolute Gasteiger partial charge is 0.390 e. The van der Waals surface area contributed by atoms with Crippen molar-refractivity contribution in [2.24, 2.45) is 0 Å². The second-order valence-corrected chi connectivity index (χ2v) is 10.7. The van der Waals surface area contributed by atoms with Gasteiger partial charge in [0.05, 0.1) is 33.2 Å².